The summed E-state index contributed by atoms with van der Waals surface area (Å²) < 4.78 is 5.76. The highest BCUT2D eigenvalue weighted by molar-refractivity contribution is 4.95. The third kappa shape index (κ3) is 3.75. The summed E-state index contributed by atoms with van der Waals surface area (Å²) in [6.07, 6.45) is 8.61. The fourth-order valence-electron chi connectivity index (χ4n) is 3.98. The summed E-state index contributed by atoms with van der Waals surface area (Å²) in [5.41, 5.74) is 0. The van der Waals surface area contributed by atoms with Crippen LogP contribution in [0.15, 0.2) is 0 Å². The Kier molecular flexibility index (Phi) is 5.00. The van der Waals surface area contributed by atoms with Crippen molar-refractivity contribution in [2.24, 2.45) is 11.8 Å². The van der Waals surface area contributed by atoms with E-state index in [4.69, 9.17) is 4.74 Å². The largest absolute Gasteiger partial charge is 0.378 e. The minimum atomic E-state index is 0.564. The van der Waals surface area contributed by atoms with Crippen molar-refractivity contribution >= 4 is 0 Å². The maximum Gasteiger partial charge on any atom is 0.0576 e. The molecule has 1 N–H and O–H groups in total. The van der Waals surface area contributed by atoms with E-state index in [1.165, 1.54) is 58.2 Å². The van der Waals surface area contributed by atoms with E-state index in [2.05, 4.69) is 24.1 Å². The van der Waals surface area contributed by atoms with Crippen LogP contribution in [0.2, 0.25) is 0 Å². The average Bonchev–Trinajstić information content (AvgIpc) is 3.16. The van der Waals surface area contributed by atoms with Crippen molar-refractivity contribution in [2.75, 3.05) is 26.2 Å². The second-order valence-electron chi connectivity index (χ2n) is 7.44. The molecule has 0 aromatic rings. The zero-order chi connectivity index (χ0) is 13.9. The van der Waals surface area contributed by atoms with Crippen molar-refractivity contribution in [1.29, 1.82) is 0 Å². The third-order valence-electron chi connectivity index (χ3n) is 5.45. The van der Waals surface area contributed by atoms with Gasteiger partial charge in [-0.25, -0.2) is 0 Å². The molecule has 3 rings (SSSR count). The lowest BCUT2D eigenvalue weighted by atomic mass is 9.96. The molecule has 0 amide bonds. The van der Waals surface area contributed by atoms with E-state index in [0.29, 0.717) is 6.10 Å². The smallest absolute Gasteiger partial charge is 0.0576 e. The SMILES string of the molecule is CC(C)C1CNC(C2CC2)CN1CCCC1CCCO1. The van der Waals surface area contributed by atoms with Gasteiger partial charge in [-0.1, -0.05) is 13.8 Å². The van der Waals surface area contributed by atoms with Crippen molar-refractivity contribution in [3.63, 3.8) is 0 Å². The second-order valence-corrected chi connectivity index (χ2v) is 7.44. The van der Waals surface area contributed by atoms with Crippen LogP contribution in [0.3, 0.4) is 0 Å². The number of hydrogen-bond donors (Lipinski definition) is 1. The summed E-state index contributed by atoms with van der Waals surface area (Å²) in [7, 11) is 0. The number of ether oxygens (including phenoxy) is 1. The number of hydrogen-bond acceptors (Lipinski definition) is 3. The van der Waals surface area contributed by atoms with E-state index in [9.17, 15) is 0 Å². The maximum absolute atomic E-state index is 5.76. The monoisotopic (exact) mass is 280 g/mol. The summed E-state index contributed by atoms with van der Waals surface area (Å²) >= 11 is 0. The molecule has 3 heteroatoms. The standard InChI is InChI=1S/C17H32N2O/c1-13(2)17-11-18-16(14-7-8-14)12-19(17)9-3-5-15-6-4-10-20-15/h13-18H,3-12H2,1-2H3. The Hall–Kier alpha value is -0.120. The minimum absolute atomic E-state index is 0.564. The van der Waals surface area contributed by atoms with E-state index in [0.717, 1.165) is 30.5 Å². The lowest BCUT2D eigenvalue weighted by Crippen LogP contribution is -2.59. The number of nitrogens with one attached hydrogen (secondary N) is 1. The van der Waals surface area contributed by atoms with Gasteiger partial charge in [-0.15, -0.1) is 0 Å². The molecule has 1 aliphatic carbocycles. The predicted molar refractivity (Wildman–Crippen MR) is 82.9 cm³/mol. The second kappa shape index (κ2) is 6.76. The van der Waals surface area contributed by atoms with Gasteiger partial charge in [-0.3, -0.25) is 4.90 Å². The molecule has 0 bridgehead atoms. The molecule has 2 aliphatic heterocycles. The summed E-state index contributed by atoms with van der Waals surface area (Å²) in [5.74, 6) is 1.73. The van der Waals surface area contributed by atoms with Gasteiger partial charge >= 0.3 is 0 Å². The number of nitrogens with zero attached hydrogens (tertiary/aromatic N) is 1. The van der Waals surface area contributed by atoms with Crippen LogP contribution >= 0.6 is 0 Å². The molecule has 20 heavy (non-hydrogen) atoms. The lowest BCUT2D eigenvalue weighted by Gasteiger charge is -2.43. The minimum Gasteiger partial charge on any atom is -0.378 e. The highest BCUT2D eigenvalue weighted by Crippen LogP contribution is 2.35. The molecular weight excluding hydrogens is 248 g/mol. The van der Waals surface area contributed by atoms with Gasteiger partial charge in [-0.05, 0) is 56.9 Å². The van der Waals surface area contributed by atoms with Gasteiger partial charge in [0.25, 0.3) is 0 Å². The van der Waals surface area contributed by atoms with E-state index in [1.807, 2.05) is 0 Å². The average molecular weight is 280 g/mol. The summed E-state index contributed by atoms with van der Waals surface area (Å²) in [6.45, 7) is 9.48. The zero-order valence-corrected chi connectivity index (χ0v) is 13.3. The molecule has 3 aliphatic rings. The van der Waals surface area contributed by atoms with Gasteiger partial charge in [0.15, 0.2) is 0 Å². The molecule has 2 saturated heterocycles. The topological polar surface area (TPSA) is 24.5 Å². The third-order valence-corrected chi connectivity index (χ3v) is 5.45. The Labute approximate surface area is 124 Å². The first-order chi connectivity index (χ1) is 9.74. The van der Waals surface area contributed by atoms with Gasteiger partial charge in [0, 0.05) is 31.8 Å². The molecule has 0 radical (unpaired) electrons. The molecule has 3 atom stereocenters. The number of piperazine rings is 1. The molecule has 0 aromatic carbocycles. The Morgan fingerprint density at radius 3 is 2.75 bits per heavy atom. The molecule has 1 saturated carbocycles. The van der Waals surface area contributed by atoms with Crippen LogP contribution in [0.25, 0.3) is 0 Å². The van der Waals surface area contributed by atoms with Gasteiger partial charge in [0.05, 0.1) is 6.10 Å². The van der Waals surface area contributed by atoms with E-state index < -0.39 is 0 Å². The lowest BCUT2D eigenvalue weighted by molar-refractivity contribution is 0.0734. The van der Waals surface area contributed by atoms with Gasteiger partial charge in [0.2, 0.25) is 0 Å². The van der Waals surface area contributed by atoms with Crippen molar-refractivity contribution in [3.8, 4) is 0 Å². The Bertz CT molecular complexity index is 297. The van der Waals surface area contributed by atoms with Crippen LogP contribution in [-0.4, -0.2) is 49.3 Å². The van der Waals surface area contributed by atoms with Crippen molar-refractivity contribution < 1.29 is 4.74 Å². The maximum atomic E-state index is 5.76. The first-order valence-corrected chi connectivity index (χ1v) is 8.83. The molecule has 3 fully saturated rings. The van der Waals surface area contributed by atoms with Crippen LogP contribution < -0.4 is 5.32 Å². The van der Waals surface area contributed by atoms with E-state index in [1.54, 1.807) is 0 Å². The van der Waals surface area contributed by atoms with Crippen LogP contribution in [-0.2, 0) is 4.74 Å². The van der Waals surface area contributed by atoms with Crippen molar-refractivity contribution in [1.82, 2.24) is 10.2 Å². The first-order valence-electron chi connectivity index (χ1n) is 8.83. The Morgan fingerprint density at radius 1 is 1.25 bits per heavy atom. The van der Waals surface area contributed by atoms with Gasteiger partial charge in [-0.2, -0.15) is 0 Å². The molecule has 3 unspecified atom stereocenters. The molecule has 0 spiro atoms. The van der Waals surface area contributed by atoms with Crippen molar-refractivity contribution in [3.05, 3.63) is 0 Å². The van der Waals surface area contributed by atoms with Crippen LogP contribution in [0.4, 0.5) is 0 Å². The summed E-state index contributed by atoms with van der Waals surface area (Å²) in [4.78, 5) is 2.78. The molecular formula is C17H32N2O. The Morgan fingerprint density at radius 2 is 2.10 bits per heavy atom. The highest BCUT2D eigenvalue weighted by atomic mass is 16.5. The van der Waals surface area contributed by atoms with Gasteiger partial charge in [0.1, 0.15) is 0 Å². The predicted octanol–water partition coefficient (Wildman–Crippen LogP) is 2.65. The molecule has 2 heterocycles. The van der Waals surface area contributed by atoms with E-state index in [-0.39, 0.29) is 0 Å². The summed E-state index contributed by atoms with van der Waals surface area (Å²) in [6, 6.07) is 1.50. The highest BCUT2D eigenvalue weighted by Gasteiger charge is 2.37. The van der Waals surface area contributed by atoms with Crippen LogP contribution in [0.5, 0.6) is 0 Å². The van der Waals surface area contributed by atoms with Crippen LogP contribution in [0, 0.1) is 11.8 Å². The fourth-order valence-corrected chi connectivity index (χ4v) is 3.98. The summed E-state index contributed by atoms with van der Waals surface area (Å²) in [5, 5.41) is 3.81. The first kappa shape index (κ1) is 14.8. The quantitative estimate of drug-likeness (QED) is 0.809. The number of rotatable bonds is 6. The van der Waals surface area contributed by atoms with Crippen molar-refractivity contribution in [2.45, 2.75) is 70.6 Å². The molecule has 116 valence electrons. The fraction of sp³-hybridized carbons (Fsp3) is 1.00. The van der Waals surface area contributed by atoms with Crippen LogP contribution in [0.1, 0.15) is 52.4 Å². The molecule has 3 nitrogen and oxygen atoms in total. The van der Waals surface area contributed by atoms with E-state index >= 15 is 0 Å². The normalized spacial score (nSPS) is 35.9. The molecule has 0 aromatic heterocycles. The van der Waals surface area contributed by atoms with Gasteiger partial charge < -0.3 is 10.1 Å². The zero-order valence-electron chi connectivity index (χ0n) is 13.3. The Balaban J connectivity index is 1.46.